The van der Waals surface area contributed by atoms with Crippen LogP contribution in [0.3, 0.4) is 0 Å². The number of fused-ring (bicyclic) bond motifs is 10. The van der Waals surface area contributed by atoms with E-state index in [-0.39, 0.29) is 0 Å². The van der Waals surface area contributed by atoms with Crippen molar-refractivity contribution in [3.8, 4) is 28.2 Å². The molecule has 0 unspecified atom stereocenters. The molecule has 0 aliphatic carbocycles. The van der Waals surface area contributed by atoms with Crippen LogP contribution < -0.4 is 0 Å². The maximum atomic E-state index is 2.50. The second-order valence-corrected chi connectivity index (χ2v) is 14.3. The topological polar surface area (TPSA) is 14.8 Å². The molecule has 0 saturated heterocycles. The fourth-order valence-electron chi connectivity index (χ4n) is 8.75. The summed E-state index contributed by atoms with van der Waals surface area (Å²) in [5.41, 5.74) is 15.7. The molecule has 3 heteroatoms. The molecule has 53 heavy (non-hydrogen) atoms. The van der Waals surface area contributed by atoms with Crippen molar-refractivity contribution in [3.05, 3.63) is 187 Å². The first-order valence-corrected chi connectivity index (χ1v) is 18.4. The first-order chi connectivity index (χ1) is 26.1. The minimum atomic E-state index is 1.15. The predicted molar refractivity (Wildman–Crippen MR) is 224 cm³/mol. The van der Waals surface area contributed by atoms with Crippen molar-refractivity contribution in [2.45, 2.75) is 13.8 Å². The van der Waals surface area contributed by atoms with Crippen molar-refractivity contribution in [2.24, 2.45) is 0 Å². The van der Waals surface area contributed by atoms with Gasteiger partial charge in [-0.2, -0.15) is 0 Å². The van der Waals surface area contributed by atoms with Crippen molar-refractivity contribution in [3.63, 3.8) is 0 Å². The summed E-state index contributed by atoms with van der Waals surface area (Å²) >= 11 is 0. The summed E-state index contributed by atoms with van der Waals surface area (Å²) in [4.78, 5) is 0. The second kappa shape index (κ2) is 11.3. The van der Waals surface area contributed by atoms with Gasteiger partial charge in [0.15, 0.2) is 0 Å². The van der Waals surface area contributed by atoms with E-state index in [4.69, 9.17) is 0 Å². The van der Waals surface area contributed by atoms with Crippen LogP contribution in [-0.2, 0) is 0 Å². The average molecular weight is 678 g/mol. The van der Waals surface area contributed by atoms with Gasteiger partial charge in [-0.05, 0) is 97.8 Å². The molecular formula is C50H35N3. The molecule has 0 bridgehead atoms. The number of hydrogen-bond acceptors (Lipinski definition) is 0. The molecule has 0 fully saturated rings. The maximum Gasteiger partial charge on any atom is 0.0795 e. The molecule has 0 N–H and O–H groups in total. The number of hydrogen-bond donors (Lipinski definition) is 0. The Kier molecular flexibility index (Phi) is 6.38. The number of aromatic nitrogens is 3. The van der Waals surface area contributed by atoms with Crippen LogP contribution in [0.25, 0.3) is 93.6 Å². The highest BCUT2D eigenvalue weighted by Gasteiger charge is 2.25. The van der Waals surface area contributed by atoms with Crippen LogP contribution >= 0.6 is 0 Å². The van der Waals surface area contributed by atoms with E-state index < -0.39 is 0 Å². The van der Waals surface area contributed by atoms with Gasteiger partial charge in [-0.1, -0.05) is 114 Å². The van der Waals surface area contributed by atoms with Gasteiger partial charge in [0.1, 0.15) is 0 Å². The van der Waals surface area contributed by atoms with Gasteiger partial charge in [-0.25, -0.2) is 0 Å². The van der Waals surface area contributed by atoms with Crippen LogP contribution in [0.15, 0.2) is 176 Å². The van der Waals surface area contributed by atoms with Crippen LogP contribution in [0.2, 0.25) is 0 Å². The minimum Gasteiger partial charge on any atom is -0.309 e. The Morgan fingerprint density at radius 1 is 0.321 bits per heavy atom. The molecule has 0 spiro atoms. The monoisotopic (exact) mass is 677 g/mol. The fourth-order valence-corrected chi connectivity index (χ4v) is 8.75. The van der Waals surface area contributed by atoms with Crippen LogP contribution in [0, 0.1) is 13.8 Å². The molecule has 250 valence electrons. The zero-order valence-electron chi connectivity index (χ0n) is 29.6. The van der Waals surface area contributed by atoms with E-state index in [0.29, 0.717) is 0 Å². The van der Waals surface area contributed by atoms with Gasteiger partial charge in [0.05, 0.1) is 33.1 Å². The molecular weight excluding hydrogens is 643 g/mol. The molecule has 0 aliphatic rings. The average Bonchev–Trinajstić information content (AvgIpc) is 3.84. The normalized spacial score (nSPS) is 12.0. The molecule has 11 rings (SSSR count). The molecule has 0 amide bonds. The van der Waals surface area contributed by atoms with Crippen molar-refractivity contribution in [2.75, 3.05) is 0 Å². The number of nitrogens with zero attached hydrogens (tertiary/aromatic N) is 3. The molecule has 3 heterocycles. The quantitative estimate of drug-likeness (QED) is 0.176. The Hall–Kier alpha value is -6.84. The third-order valence-electron chi connectivity index (χ3n) is 11.2. The summed E-state index contributed by atoms with van der Waals surface area (Å²) in [5.74, 6) is 0. The number of aryl methyl sites for hydroxylation is 2. The number of para-hydroxylation sites is 4. The number of benzene rings is 8. The highest BCUT2D eigenvalue weighted by Crippen LogP contribution is 2.47. The minimum absolute atomic E-state index is 1.15. The molecule has 8 aromatic carbocycles. The number of rotatable bonds is 4. The Bertz CT molecular complexity index is 3210. The Labute approximate surface area is 307 Å². The zero-order chi connectivity index (χ0) is 35.2. The first-order valence-electron chi connectivity index (χ1n) is 18.4. The highest BCUT2D eigenvalue weighted by molar-refractivity contribution is 6.28. The van der Waals surface area contributed by atoms with Crippen LogP contribution in [0.1, 0.15) is 11.1 Å². The lowest BCUT2D eigenvalue weighted by atomic mass is 9.95. The maximum absolute atomic E-state index is 2.50. The van der Waals surface area contributed by atoms with E-state index >= 15 is 0 Å². The molecule has 3 nitrogen and oxygen atoms in total. The Balaban J connectivity index is 1.33. The summed E-state index contributed by atoms with van der Waals surface area (Å²) in [6.45, 7) is 4.32. The molecule has 0 saturated carbocycles. The SMILES string of the molecule is Cc1ccc(-n2c3ccccc3c3cc(-c4ccc5c(c4)c4ccccc4n5-c4ccccc4)c4c5ccccc5n(-c5ccc(C)cc5)c4c32)cc1. The fraction of sp³-hybridized carbons (Fsp3) is 0.0400. The van der Waals surface area contributed by atoms with E-state index in [1.165, 1.54) is 93.4 Å². The van der Waals surface area contributed by atoms with Crippen molar-refractivity contribution < 1.29 is 0 Å². The van der Waals surface area contributed by atoms with Crippen molar-refractivity contribution in [1.29, 1.82) is 0 Å². The van der Waals surface area contributed by atoms with Gasteiger partial charge in [-0.3, -0.25) is 0 Å². The predicted octanol–water partition coefficient (Wildman–Crippen LogP) is 13.3. The molecule has 11 aromatic rings. The lowest BCUT2D eigenvalue weighted by Gasteiger charge is -2.15. The zero-order valence-corrected chi connectivity index (χ0v) is 29.6. The third kappa shape index (κ3) is 4.34. The summed E-state index contributed by atoms with van der Waals surface area (Å²) < 4.78 is 7.38. The van der Waals surface area contributed by atoms with Gasteiger partial charge in [0.25, 0.3) is 0 Å². The summed E-state index contributed by atoms with van der Waals surface area (Å²) in [7, 11) is 0. The largest absolute Gasteiger partial charge is 0.309 e. The van der Waals surface area contributed by atoms with Crippen LogP contribution in [0.4, 0.5) is 0 Å². The van der Waals surface area contributed by atoms with Gasteiger partial charge in [0, 0.05) is 49.4 Å². The lowest BCUT2D eigenvalue weighted by Crippen LogP contribution is -1.99. The molecule has 0 aliphatic heterocycles. The van der Waals surface area contributed by atoms with Crippen LogP contribution in [-0.4, -0.2) is 13.7 Å². The van der Waals surface area contributed by atoms with Gasteiger partial charge >= 0.3 is 0 Å². The van der Waals surface area contributed by atoms with Crippen LogP contribution in [0.5, 0.6) is 0 Å². The summed E-state index contributed by atoms with van der Waals surface area (Å²) in [6, 6.07) is 64.8. The Morgan fingerprint density at radius 2 is 0.792 bits per heavy atom. The molecule has 0 radical (unpaired) electrons. The van der Waals surface area contributed by atoms with Gasteiger partial charge in [-0.15, -0.1) is 0 Å². The Morgan fingerprint density at radius 3 is 1.43 bits per heavy atom. The lowest BCUT2D eigenvalue weighted by molar-refractivity contribution is 1.14. The van der Waals surface area contributed by atoms with E-state index in [1.54, 1.807) is 0 Å². The smallest absolute Gasteiger partial charge is 0.0795 e. The van der Waals surface area contributed by atoms with E-state index in [2.05, 4.69) is 203 Å². The standard InChI is InChI=1S/C50H35N3/c1-32-20-25-36(26-21-32)52-45-18-10-7-15-39(45)43-31-41(48-40-16-8-11-19-46(40)53(50(48)49(43)52)37-27-22-33(2)23-28-37)34-24-29-47-42(30-34)38-14-6-9-17-44(38)51(47)35-12-4-3-5-13-35/h3-31H,1-2H3. The molecule has 3 aromatic heterocycles. The second-order valence-electron chi connectivity index (χ2n) is 14.3. The van der Waals surface area contributed by atoms with Crippen molar-refractivity contribution >= 4 is 65.4 Å². The third-order valence-corrected chi connectivity index (χ3v) is 11.2. The van der Waals surface area contributed by atoms with Gasteiger partial charge < -0.3 is 13.7 Å². The first kappa shape index (κ1) is 29.8. The van der Waals surface area contributed by atoms with E-state index in [1.807, 2.05) is 0 Å². The summed E-state index contributed by atoms with van der Waals surface area (Å²) in [6.07, 6.45) is 0. The highest BCUT2D eigenvalue weighted by atomic mass is 15.0. The van der Waals surface area contributed by atoms with E-state index in [0.717, 1.165) is 11.4 Å². The van der Waals surface area contributed by atoms with E-state index in [9.17, 15) is 0 Å². The molecule has 0 atom stereocenters. The van der Waals surface area contributed by atoms with Gasteiger partial charge in [0.2, 0.25) is 0 Å². The summed E-state index contributed by atoms with van der Waals surface area (Å²) in [5, 5.41) is 7.49. The van der Waals surface area contributed by atoms with Crippen molar-refractivity contribution in [1.82, 2.24) is 13.7 Å².